The Morgan fingerprint density at radius 1 is 1.18 bits per heavy atom. The van der Waals surface area contributed by atoms with E-state index in [0.29, 0.717) is 6.07 Å². The van der Waals surface area contributed by atoms with E-state index < -0.39 is 70.8 Å². The van der Waals surface area contributed by atoms with Crippen LogP contribution in [0.15, 0.2) is 29.3 Å². The predicted molar refractivity (Wildman–Crippen MR) is 97.6 cm³/mol. The predicted octanol–water partition coefficient (Wildman–Crippen LogP) is -0.391. The summed E-state index contributed by atoms with van der Waals surface area (Å²) in [7, 11) is -2.46. The number of alkyl halides is 6. The van der Waals surface area contributed by atoms with Crippen molar-refractivity contribution in [3.8, 4) is 17.5 Å². The number of nitrogens with one attached hydrogen (secondary N) is 1. The van der Waals surface area contributed by atoms with E-state index in [9.17, 15) is 30.4 Å². The van der Waals surface area contributed by atoms with Crippen LogP contribution in [0.2, 0.25) is 0 Å². The standard InChI is InChI=1S/C16H14F5IN5O5S/c1-30-10-7-23-15(31-2)27-13(10)24-14(25-27)26-33(28,29)12-8(16(19,20)21)4-3-5-9(12)32-22-6-11(17)18/h3-5,7,11H,6H2,1-2H3,(H,25,26)/q-1. The van der Waals surface area contributed by atoms with Crippen LogP contribution in [-0.4, -0.2) is 53.1 Å². The van der Waals surface area contributed by atoms with Crippen molar-refractivity contribution in [1.29, 1.82) is 0 Å². The zero-order valence-electron chi connectivity index (χ0n) is 16.6. The number of ether oxygens (including phenoxy) is 2. The number of methoxy groups -OCH3 is 2. The molecule has 17 heteroatoms. The number of anilines is 1. The van der Waals surface area contributed by atoms with Gasteiger partial charge in [-0.1, -0.05) is 0 Å². The molecule has 0 spiro atoms. The number of aromatic nitrogens is 4. The number of nitrogens with zero attached hydrogens (tertiary/aromatic N) is 4. The van der Waals surface area contributed by atoms with Gasteiger partial charge in [0.15, 0.2) is 0 Å². The number of hydrogen-bond donors (Lipinski definition) is 1. The molecule has 2 aromatic heterocycles. The van der Waals surface area contributed by atoms with E-state index in [4.69, 9.17) is 12.5 Å². The summed E-state index contributed by atoms with van der Waals surface area (Å²) in [5.41, 5.74) is -1.58. The van der Waals surface area contributed by atoms with Crippen molar-refractivity contribution in [3.63, 3.8) is 0 Å². The van der Waals surface area contributed by atoms with Gasteiger partial charge < -0.3 is 0 Å². The molecular weight excluding hydrogens is 596 g/mol. The van der Waals surface area contributed by atoms with Crippen LogP contribution in [0.5, 0.6) is 17.5 Å². The number of hydrogen-bond acceptors (Lipinski definition) is 8. The fourth-order valence-electron chi connectivity index (χ4n) is 2.54. The van der Waals surface area contributed by atoms with Gasteiger partial charge in [-0.25, -0.2) is 0 Å². The Bertz CT molecular complexity index is 1210. The van der Waals surface area contributed by atoms with E-state index in [1.165, 1.54) is 20.4 Å². The van der Waals surface area contributed by atoms with Crippen molar-refractivity contribution in [3.05, 3.63) is 30.0 Å². The summed E-state index contributed by atoms with van der Waals surface area (Å²) < 4.78 is 109. The van der Waals surface area contributed by atoms with E-state index in [2.05, 4.69) is 15.1 Å². The first-order valence-electron chi connectivity index (χ1n) is 8.59. The third-order valence-electron chi connectivity index (χ3n) is 3.80. The fraction of sp³-hybridized carbons (Fsp3) is 0.312. The fourth-order valence-corrected chi connectivity index (χ4v) is 5.12. The zero-order valence-corrected chi connectivity index (χ0v) is 19.6. The minimum absolute atomic E-state index is 0.0366. The van der Waals surface area contributed by atoms with Crippen LogP contribution in [0, 0.1) is 0 Å². The summed E-state index contributed by atoms with van der Waals surface area (Å²) in [6.07, 6.45) is -6.62. The second-order valence-electron chi connectivity index (χ2n) is 5.95. The Morgan fingerprint density at radius 2 is 1.91 bits per heavy atom. The molecular formula is C16H14F5IN5O5S-. The second-order valence-corrected chi connectivity index (χ2v) is 9.52. The van der Waals surface area contributed by atoms with Gasteiger partial charge >= 0.3 is 194 Å². The van der Waals surface area contributed by atoms with Gasteiger partial charge in [-0.3, -0.25) is 0 Å². The van der Waals surface area contributed by atoms with Crippen LogP contribution in [-0.2, 0) is 16.2 Å². The van der Waals surface area contributed by atoms with Gasteiger partial charge in [-0.05, 0) is 0 Å². The molecule has 0 aliphatic heterocycles. The van der Waals surface area contributed by atoms with Gasteiger partial charge in [-0.15, -0.1) is 0 Å². The Morgan fingerprint density at radius 3 is 2.52 bits per heavy atom. The molecule has 0 saturated heterocycles. The molecule has 0 saturated carbocycles. The van der Waals surface area contributed by atoms with Crippen LogP contribution in [0.25, 0.3) is 5.65 Å². The van der Waals surface area contributed by atoms with Crippen molar-refractivity contribution < 1.29 is 64.5 Å². The number of benzene rings is 1. The topological polar surface area (TPSA) is 117 Å². The molecule has 33 heavy (non-hydrogen) atoms. The zero-order chi connectivity index (χ0) is 24.4. The molecule has 0 amide bonds. The Hall–Kier alpha value is -2.70. The van der Waals surface area contributed by atoms with E-state index in [1.807, 2.05) is 4.72 Å². The number of halogens is 6. The van der Waals surface area contributed by atoms with Crippen molar-refractivity contribution in [1.82, 2.24) is 19.6 Å². The number of fused-ring (bicyclic) bond motifs is 1. The quantitative estimate of drug-likeness (QED) is 0.198. The average molecular weight is 610 g/mol. The van der Waals surface area contributed by atoms with E-state index in [-0.39, 0.29) is 17.4 Å². The van der Waals surface area contributed by atoms with E-state index in [0.717, 1.165) is 16.6 Å². The van der Waals surface area contributed by atoms with Gasteiger partial charge in [0, 0.05) is 0 Å². The van der Waals surface area contributed by atoms with E-state index in [1.54, 1.807) is 0 Å². The van der Waals surface area contributed by atoms with Crippen molar-refractivity contribution >= 4 is 21.6 Å². The molecule has 0 atom stereocenters. The first-order valence-corrected chi connectivity index (χ1v) is 12.5. The molecule has 0 radical (unpaired) electrons. The molecule has 0 bridgehead atoms. The molecule has 0 aliphatic carbocycles. The normalized spacial score (nSPS) is 12.4. The molecule has 0 unspecified atom stereocenters. The maximum atomic E-state index is 13.6. The maximum absolute atomic E-state index is 13.6. The van der Waals surface area contributed by atoms with Gasteiger partial charge in [0.05, 0.1) is 0 Å². The van der Waals surface area contributed by atoms with Crippen LogP contribution in [0.4, 0.5) is 27.9 Å². The monoisotopic (exact) mass is 610 g/mol. The second kappa shape index (κ2) is 9.65. The number of sulfonamides is 1. The third kappa shape index (κ3) is 5.45. The minimum atomic E-state index is -5.09. The summed E-state index contributed by atoms with van der Waals surface area (Å²) >= 11 is -1.79. The molecule has 0 fully saturated rings. The molecule has 2 heterocycles. The summed E-state index contributed by atoms with van der Waals surface area (Å²) in [6, 6.07) is 2.27. The van der Waals surface area contributed by atoms with Crippen LogP contribution in [0.3, 0.4) is 0 Å². The van der Waals surface area contributed by atoms with E-state index >= 15 is 0 Å². The molecule has 10 nitrogen and oxygen atoms in total. The van der Waals surface area contributed by atoms with Gasteiger partial charge in [0.1, 0.15) is 0 Å². The molecule has 1 aromatic carbocycles. The van der Waals surface area contributed by atoms with Crippen LogP contribution < -0.4 is 38.9 Å². The number of rotatable bonds is 9. The van der Waals surface area contributed by atoms with Gasteiger partial charge in [0.2, 0.25) is 0 Å². The average Bonchev–Trinajstić information content (AvgIpc) is 3.14. The SMILES string of the molecule is COc1cnc(OC)n2nc(NS(=O)(=O)c3c(O[I-]CC(F)F)cccc3C(F)(F)F)nc12. The Kier molecular flexibility index (Phi) is 7.29. The van der Waals surface area contributed by atoms with Crippen LogP contribution >= 0.6 is 0 Å². The van der Waals surface area contributed by atoms with Crippen molar-refractivity contribution in [2.45, 2.75) is 17.5 Å². The molecule has 182 valence electrons. The Balaban J connectivity index is 2.08. The molecule has 3 rings (SSSR count). The van der Waals surface area contributed by atoms with Crippen molar-refractivity contribution in [2.75, 3.05) is 23.4 Å². The summed E-state index contributed by atoms with van der Waals surface area (Å²) in [4.78, 5) is 6.52. The molecule has 3 aromatic rings. The third-order valence-corrected chi connectivity index (χ3v) is 7.02. The van der Waals surface area contributed by atoms with Crippen LogP contribution in [0.1, 0.15) is 5.56 Å². The molecule has 1 N–H and O–H groups in total. The Labute approximate surface area is 193 Å². The first kappa shape index (κ1) is 24.9. The van der Waals surface area contributed by atoms with Gasteiger partial charge in [-0.2, -0.15) is 0 Å². The molecule has 0 aliphatic rings. The summed E-state index contributed by atoms with van der Waals surface area (Å²) in [5.74, 6) is -1.26. The summed E-state index contributed by atoms with van der Waals surface area (Å²) in [6.45, 7) is 0. The van der Waals surface area contributed by atoms with Crippen molar-refractivity contribution in [2.24, 2.45) is 0 Å². The van der Waals surface area contributed by atoms with Gasteiger partial charge in [0.25, 0.3) is 0 Å². The first-order chi connectivity index (χ1) is 15.5. The summed E-state index contributed by atoms with van der Waals surface area (Å²) in [5, 5.41) is 3.84.